The molecule has 9 heteroatoms. The lowest BCUT2D eigenvalue weighted by atomic mass is 9.37. The van der Waals surface area contributed by atoms with Crippen LogP contribution < -0.4 is 0 Å². The van der Waals surface area contributed by atoms with Crippen molar-refractivity contribution < 1.29 is 42.9 Å². The number of aliphatic hydroxyl groups excluding tert-OH is 1. The molecule has 0 amide bonds. The van der Waals surface area contributed by atoms with Gasteiger partial charge < -0.3 is 23.7 Å². The molecule has 208 valence electrons. The first kappa shape index (κ1) is 26.9. The van der Waals surface area contributed by atoms with Crippen LogP contribution in [0.25, 0.3) is 0 Å². The lowest BCUT2D eigenvalue weighted by Gasteiger charge is -2.67. The summed E-state index contributed by atoms with van der Waals surface area (Å²) in [5, 5.41) is 11.4. The highest BCUT2D eigenvalue weighted by Crippen LogP contribution is 2.70. The van der Waals surface area contributed by atoms with Gasteiger partial charge in [-0.25, -0.2) is 4.79 Å². The summed E-state index contributed by atoms with van der Waals surface area (Å²) in [6.07, 6.45) is 2.33. The average molecular weight is 531 g/mol. The van der Waals surface area contributed by atoms with Crippen molar-refractivity contribution in [3.05, 3.63) is 24.2 Å². The normalized spacial score (nSPS) is 42.2. The first-order chi connectivity index (χ1) is 17.8. The first-order valence-corrected chi connectivity index (χ1v) is 13.5. The van der Waals surface area contributed by atoms with Crippen molar-refractivity contribution in [1.29, 1.82) is 0 Å². The van der Waals surface area contributed by atoms with E-state index in [1.807, 2.05) is 26.8 Å². The Morgan fingerprint density at radius 2 is 1.87 bits per heavy atom. The largest absolute Gasteiger partial charge is 0.472 e. The lowest BCUT2D eigenvalue weighted by Crippen LogP contribution is -2.71. The number of cyclic esters (lactones) is 1. The third kappa shape index (κ3) is 3.60. The van der Waals surface area contributed by atoms with E-state index in [0.29, 0.717) is 19.3 Å². The minimum Gasteiger partial charge on any atom is -0.472 e. The van der Waals surface area contributed by atoms with Gasteiger partial charge in [-0.2, -0.15) is 0 Å². The minimum absolute atomic E-state index is 0.0785. The zero-order chi connectivity index (χ0) is 27.8. The van der Waals surface area contributed by atoms with E-state index >= 15 is 0 Å². The van der Waals surface area contributed by atoms with Gasteiger partial charge in [0.05, 0.1) is 25.6 Å². The molecule has 1 aromatic heterocycles. The molecule has 9 nitrogen and oxygen atoms in total. The Kier molecular flexibility index (Phi) is 6.32. The SMILES string of the molecule is COC(=O)[C@H](O)[C@H]1C(C)(C)[C@H](OC(C)=O)[C@@H]2C[C@@H]3[C@H]4CC(=O)O[C@H](c5ccoc5)[C@]4(C)CC[C@H]3[C@@]1(C)C2=O. The summed E-state index contributed by atoms with van der Waals surface area (Å²) in [6, 6.07) is 1.82. The number of carbonyl (C=O) groups is 4. The molecule has 2 heterocycles. The van der Waals surface area contributed by atoms with E-state index < -0.39 is 58.3 Å². The fourth-order valence-corrected chi connectivity index (χ4v) is 9.29. The molecule has 4 fully saturated rings. The van der Waals surface area contributed by atoms with E-state index in [0.717, 1.165) is 5.56 Å². The molecule has 1 saturated heterocycles. The van der Waals surface area contributed by atoms with E-state index in [1.165, 1.54) is 14.0 Å². The number of furan rings is 1. The number of ether oxygens (including phenoxy) is 3. The Balaban J connectivity index is 1.64. The maximum Gasteiger partial charge on any atom is 0.335 e. The highest BCUT2D eigenvalue weighted by atomic mass is 16.6. The maximum atomic E-state index is 14.3. The van der Waals surface area contributed by atoms with E-state index in [-0.39, 0.29) is 35.9 Å². The number of hydrogen-bond acceptors (Lipinski definition) is 9. The van der Waals surface area contributed by atoms with E-state index in [2.05, 4.69) is 6.92 Å². The van der Waals surface area contributed by atoms with Gasteiger partial charge in [0.25, 0.3) is 0 Å². The van der Waals surface area contributed by atoms with Gasteiger partial charge in [-0.05, 0) is 43.1 Å². The molecule has 4 aliphatic rings. The Bertz CT molecular complexity index is 1140. The monoisotopic (exact) mass is 530 g/mol. The van der Waals surface area contributed by atoms with Crippen molar-refractivity contribution in [2.45, 2.75) is 78.6 Å². The Morgan fingerprint density at radius 3 is 2.47 bits per heavy atom. The number of aliphatic hydroxyl groups is 1. The fourth-order valence-electron chi connectivity index (χ4n) is 9.29. The summed E-state index contributed by atoms with van der Waals surface area (Å²) in [7, 11) is 1.21. The highest BCUT2D eigenvalue weighted by molar-refractivity contribution is 5.92. The number of esters is 3. The predicted molar refractivity (Wildman–Crippen MR) is 132 cm³/mol. The minimum atomic E-state index is -1.58. The topological polar surface area (TPSA) is 129 Å². The van der Waals surface area contributed by atoms with Gasteiger partial charge in [0.1, 0.15) is 18.0 Å². The third-order valence-electron chi connectivity index (χ3n) is 10.7. The highest BCUT2D eigenvalue weighted by Gasteiger charge is 2.72. The standard InChI is InChI=1S/C29H38O9/c1-14(30)37-25-17-11-16-18(29(5,23(17)33)22(27(25,2)3)21(32)26(34)35-6)7-9-28(4)19(16)12-20(31)38-24(28)15-8-10-36-13-15/h8,10,13,16-19,21-22,24-25,32H,7,9,11-12H2,1-6H3/t16-,17+,18+,19+,21+,22-,24+,25+,28+,29+/m0/s1. The van der Waals surface area contributed by atoms with Crippen LogP contribution >= 0.6 is 0 Å². The van der Waals surface area contributed by atoms with Gasteiger partial charge in [0.15, 0.2) is 6.10 Å². The number of hydrogen-bond donors (Lipinski definition) is 1. The Hall–Kier alpha value is -2.68. The van der Waals surface area contributed by atoms with E-state index in [1.54, 1.807) is 12.5 Å². The molecule has 1 aromatic rings. The number of carbonyl (C=O) groups excluding carboxylic acids is 4. The zero-order valence-corrected chi connectivity index (χ0v) is 22.9. The van der Waals surface area contributed by atoms with Crippen molar-refractivity contribution in [2.24, 2.45) is 45.8 Å². The second kappa shape index (κ2) is 8.93. The van der Waals surface area contributed by atoms with Crippen molar-refractivity contribution in [3.63, 3.8) is 0 Å². The number of methoxy groups -OCH3 is 1. The summed E-state index contributed by atoms with van der Waals surface area (Å²) in [5.41, 5.74) is -1.58. The van der Waals surface area contributed by atoms with Crippen LogP contribution in [-0.4, -0.2) is 48.1 Å². The molecule has 38 heavy (non-hydrogen) atoms. The molecule has 0 radical (unpaired) electrons. The smallest absolute Gasteiger partial charge is 0.335 e. The van der Waals surface area contributed by atoms with Crippen LogP contribution in [0.2, 0.25) is 0 Å². The molecule has 0 spiro atoms. The van der Waals surface area contributed by atoms with Crippen LogP contribution in [-0.2, 0) is 33.4 Å². The number of ketones is 1. The summed E-state index contributed by atoms with van der Waals surface area (Å²) in [4.78, 5) is 52.2. The van der Waals surface area contributed by atoms with E-state index in [4.69, 9.17) is 18.6 Å². The molecule has 2 bridgehead atoms. The van der Waals surface area contributed by atoms with Gasteiger partial charge in [-0.1, -0.05) is 27.7 Å². The van der Waals surface area contributed by atoms with Crippen LogP contribution in [0.5, 0.6) is 0 Å². The van der Waals surface area contributed by atoms with Gasteiger partial charge in [0, 0.05) is 41.1 Å². The van der Waals surface area contributed by atoms with Gasteiger partial charge in [-0.3, -0.25) is 14.4 Å². The number of fused-ring (bicyclic) bond motifs is 6. The van der Waals surface area contributed by atoms with Gasteiger partial charge in [-0.15, -0.1) is 0 Å². The number of Topliss-reactive ketones (excluding diaryl/α,β-unsaturated/α-hetero) is 1. The molecule has 10 atom stereocenters. The predicted octanol–water partition coefficient (Wildman–Crippen LogP) is 3.63. The van der Waals surface area contributed by atoms with Crippen molar-refractivity contribution in [3.8, 4) is 0 Å². The molecule has 1 N–H and O–H groups in total. The van der Waals surface area contributed by atoms with Crippen LogP contribution in [0.1, 0.15) is 72.0 Å². The number of rotatable bonds is 4. The molecule has 0 aromatic carbocycles. The fraction of sp³-hybridized carbons (Fsp3) is 0.724. The Labute approximate surface area is 222 Å². The molecule has 0 unspecified atom stereocenters. The first-order valence-electron chi connectivity index (χ1n) is 13.5. The summed E-state index contributed by atoms with van der Waals surface area (Å²) < 4.78 is 22.0. The third-order valence-corrected chi connectivity index (χ3v) is 10.7. The maximum absolute atomic E-state index is 14.3. The molecular weight excluding hydrogens is 492 g/mol. The molecule has 3 aliphatic carbocycles. The summed E-state index contributed by atoms with van der Waals surface area (Å²) in [6.45, 7) is 9.01. The van der Waals surface area contributed by atoms with Crippen LogP contribution in [0.15, 0.2) is 23.0 Å². The average Bonchev–Trinajstić information content (AvgIpc) is 3.38. The van der Waals surface area contributed by atoms with Crippen LogP contribution in [0, 0.1) is 45.8 Å². The second-order valence-electron chi connectivity index (χ2n) is 12.8. The van der Waals surface area contributed by atoms with Crippen molar-refractivity contribution in [2.75, 3.05) is 7.11 Å². The molecule has 3 saturated carbocycles. The van der Waals surface area contributed by atoms with Crippen LogP contribution in [0.3, 0.4) is 0 Å². The van der Waals surface area contributed by atoms with Gasteiger partial charge in [0.2, 0.25) is 0 Å². The summed E-state index contributed by atoms with van der Waals surface area (Å²) >= 11 is 0. The Morgan fingerprint density at radius 1 is 1.16 bits per heavy atom. The quantitative estimate of drug-likeness (QED) is 0.458. The summed E-state index contributed by atoms with van der Waals surface area (Å²) in [5.74, 6) is -3.56. The molecule has 5 rings (SSSR count). The zero-order valence-electron chi connectivity index (χ0n) is 22.9. The second-order valence-corrected chi connectivity index (χ2v) is 12.8. The van der Waals surface area contributed by atoms with Gasteiger partial charge >= 0.3 is 17.9 Å². The molecule has 1 aliphatic heterocycles. The van der Waals surface area contributed by atoms with Crippen molar-refractivity contribution >= 4 is 23.7 Å². The van der Waals surface area contributed by atoms with E-state index in [9.17, 15) is 24.3 Å². The molecular formula is C29H38O9. The lowest BCUT2D eigenvalue weighted by molar-refractivity contribution is -0.241. The van der Waals surface area contributed by atoms with Crippen molar-refractivity contribution in [1.82, 2.24) is 0 Å². The van der Waals surface area contributed by atoms with Crippen LogP contribution in [0.4, 0.5) is 0 Å².